The topological polar surface area (TPSA) is 64.3 Å². The lowest BCUT2D eigenvalue weighted by Crippen LogP contribution is -2.48. The molecule has 1 aliphatic carbocycles. The summed E-state index contributed by atoms with van der Waals surface area (Å²) in [7, 11) is 0. The van der Waals surface area contributed by atoms with E-state index in [2.05, 4.69) is 5.32 Å². The number of carbonyl (C=O) groups is 1. The van der Waals surface area contributed by atoms with Crippen molar-refractivity contribution in [3.05, 3.63) is 0 Å². The highest BCUT2D eigenvalue weighted by Crippen LogP contribution is 2.17. The average Bonchev–Trinajstić information content (AvgIpc) is 2.29. The Morgan fingerprint density at radius 1 is 1.25 bits per heavy atom. The highest BCUT2D eigenvalue weighted by Gasteiger charge is 2.24. The lowest BCUT2D eigenvalue weighted by atomic mass is 10.0. The molecule has 1 saturated carbocycles. The highest BCUT2D eigenvalue weighted by atomic mass is 16.6. The summed E-state index contributed by atoms with van der Waals surface area (Å²) in [5.74, 6) is 0. The Morgan fingerprint density at radius 2 is 1.88 bits per heavy atom. The summed E-state index contributed by atoms with van der Waals surface area (Å²) < 4.78 is 5.22. The van der Waals surface area contributed by atoms with Crippen LogP contribution in [-0.4, -0.2) is 23.8 Å². The molecule has 0 saturated heterocycles. The van der Waals surface area contributed by atoms with Crippen molar-refractivity contribution in [3.63, 3.8) is 0 Å². The second-order valence-electron chi connectivity index (χ2n) is 5.55. The highest BCUT2D eigenvalue weighted by molar-refractivity contribution is 5.68. The van der Waals surface area contributed by atoms with Gasteiger partial charge in [-0.15, -0.1) is 0 Å². The third-order valence-electron chi connectivity index (χ3n) is 2.77. The molecule has 2 atom stereocenters. The molecule has 1 aliphatic rings. The van der Waals surface area contributed by atoms with Gasteiger partial charge in [0.15, 0.2) is 0 Å². The van der Waals surface area contributed by atoms with Crippen LogP contribution in [0.25, 0.3) is 0 Å². The summed E-state index contributed by atoms with van der Waals surface area (Å²) >= 11 is 0. The minimum absolute atomic E-state index is 0.0648. The fourth-order valence-corrected chi connectivity index (χ4v) is 1.97. The Morgan fingerprint density at radius 3 is 2.50 bits per heavy atom. The normalized spacial score (nSPS) is 27.0. The van der Waals surface area contributed by atoms with Gasteiger partial charge in [0.05, 0.1) is 0 Å². The van der Waals surface area contributed by atoms with Crippen molar-refractivity contribution in [2.45, 2.75) is 70.6 Å². The van der Waals surface area contributed by atoms with E-state index in [0.29, 0.717) is 0 Å². The summed E-state index contributed by atoms with van der Waals surface area (Å²) in [6.07, 6.45) is 5.10. The van der Waals surface area contributed by atoms with E-state index >= 15 is 0 Å². The van der Waals surface area contributed by atoms with Crippen molar-refractivity contribution >= 4 is 6.09 Å². The zero-order chi connectivity index (χ0) is 12.2. The first-order valence-electron chi connectivity index (χ1n) is 6.13. The van der Waals surface area contributed by atoms with Crippen LogP contribution in [0.5, 0.6) is 0 Å². The average molecular weight is 228 g/mol. The van der Waals surface area contributed by atoms with Crippen LogP contribution in [0.2, 0.25) is 0 Å². The predicted octanol–water partition coefficient (Wildman–Crippen LogP) is 2.17. The lowest BCUT2D eigenvalue weighted by molar-refractivity contribution is 0.0494. The molecule has 4 heteroatoms. The SMILES string of the molecule is CC(C)(C)OC(=O)NC1CCCCCC1N. The minimum atomic E-state index is -0.446. The first kappa shape index (κ1) is 13.3. The van der Waals surface area contributed by atoms with Crippen molar-refractivity contribution in [3.8, 4) is 0 Å². The van der Waals surface area contributed by atoms with Crippen LogP contribution < -0.4 is 11.1 Å². The quantitative estimate of drug-likeness (QED) is 0.676. The van der Waals surface area contributed by atoms with Gasteiger partial charge in [-0.2, -0.15) is 0 Å². The van der Waals surface area contributed by atoms with Gasteiger partial charge in [-0.3, -0.25) is 0 Å². The molecule has 2 unspecified atom stereocenters. The fourth-order valence-electron chi connectivity index (χ4n) is 1.97. The van der Waals surface area contributed by atoms with E-state index in [1.165, 1.54) is 6.42 Å². The van der Waals surface area contributed by atoms with E-state index in [0.717, 1.165) is 25.7 Å². The van der Waals surface area contributed by atoms with Crippen LogP contribution in [0.15, 0.2) is 0 Å². The van der Waals surface area contributed by atoms with E-state index in [1.54, 1.807) is 0 Å². The molecule has 94 valence electrons. The number of carbonyl (C=O) groups excluding carboxylic acids is 1. The summed E-state index contributed by atoms with van der Waals surface area (Å²) in [6, 6.07) is 0.132. The van der Waals surface area contributed by atoms with Gasteiger partial charge in [0.1, 0.15) is 5.60 Å². The Kier molecular flexibility index (Phi) is 4.59. The molecular weight excluding hydrogens is 204 g/mol. The van der Waals surface area contributed by atoms with Gasteiger partial charge >= 0.3 is 6.09 Å². The van der Waals surface area contributed by atoms with Crippen molar-refractivity contribution < 1.29 is 9.53 Å². The second-order valence-corrected chi connectivity index (χ2v) is 5.55. The number of rotatable bonds is 1. The molecule has 0 aromatic heterocycles. The van der Waals surface area contributed by atoms with Gasteiger partial charge in [0.25, 0.3) is 0 Å². The monoisotopic (exact) mass is 228 g/mol. The molecule has 3 N–H and O–H groups in total. The number of hydrogen-bond acceptors (Lipinski definition) is 3. The molecule has 0 aliphatic heterocycles. The van der Waals surface area contributed by atoms with Gasteiger partial charge in [-0.05, 0) is 33.6 Å². The summed E-state index contributed by atoms with van der Waals surface area (Å²) in [5.41, 5.74) is 5.58. The number of hydrogen-bond donors (Lipinski definition) is 2. The van der Waals surface area contributed by atoms with E-state index in [4.69, 9.17) is 10.5 Å². The smallest absolute Gasteiger partial charge is 0.407 e. The maximum Gasteiger partial charge on any atom is 0.407 e. The van der Waals surface area contributed by atoms with Crippen molar-refractivity contribution in [2.24, 2.45) is 5.73 Å². The Balaban J connectivity index is 2.42. The summed E-state index contributed by atoms with van der Waals surface area (Å²) in [4.78, 5) is 11.6. The maximum absolute atomic E-state index is 11.6. The molecule has 1 rings (SSSR count). The van der Waals surface area contributed by atoms with Crippen molar-refractivity contribution in [2.75, 3.05) is 0 Å². The first-order chi connectivity index (χ1) is 7.38. The third-order valence-corrected chi connectivity index (χ3v) is 2.77. The largest absolute Gasteiger partial charge is 0.444 e. The molecule has 0 aromatic rings. The van der Waals surface area contributed by atoms with Gasteiger partial charge < -0.3 is 15.8 Å². The Labute approximate surface area is 97.9 Å². The summed E-state index contributed by atoms with van der Waals surface area (Å²) in [5, 5.41) is 2.88. The predicted molar refractivity (Wildman–Crippen MR) is 64.2 cm³/mol. The van der Waals surface area contributed by atoms with E-state index in [9.17, 15) is 4.79 Å². The molecule has 0 heterocycles. The lowest BCUT2D eigenvalue weighted by Gasteiger charge is -2.25. The van der Waals surface area contributed by atoms with Crippen LogP contribution in [0.1, 0.15) is 52.9 Å². The van der Waals surface area contributed by atoms with Gasteiger partial charge in [-0.25, -0.2) is 4.79 Å². The zero-order valence-corrected chi connectivity index (χ0v) is 10.6. The molecule has 1 amide bonds. The molecule has 4 nitrogen and oxygen atoms in total. The maximum atomic E-state index is 11.6. The summed E-state index contributed by atoms with van der Waals surface area (Å²) in [6.45, 7) is 5.58. The molecule has 0 aromatic carbocycles. The zero-order valence-electron chi connectivity index (χ0n) is 10.6. The number of nitrogens with one attached hydrogen (secondary N) is 1. The number of amides is 1. The Hall–Kier alpha value is -0.770. The number of ether oxygens (including phenoxy) is 1. The minimum Gasteiger partial charge on any atom is -0.444 e. The molecule has 0 spiro atoms. The first-order valence-corrected chi connectivity index (χ1v) is 6.13. The molecule has 0 bridgehead atoms. The molecule has 16 heavy (non-hydrogen) atoms. The fraction of sp³-hybridized carbons (Fsp3) is 0.917. The second kappa shape index (κ2) is 5.53. The van der Waals surface area contributed by atoms with E-state index < -0.39 is 5.60 Å². The van der Waals surface area contributed by atoms with E-state index in [-0.39, 0.29) is 18.2 Å². The third kappa shape index (κ3) is 4.84. The van der Waals surface area contributed by atoms with Gasteiger partial charge in [-0.1, -0.05) is 19.3 Å². The van der Waals surface area contributed by atoms with Crippen LogP contribution in [0.3, 0.4) is 0 Å². The molecule has 1 fully saturated rings. The molecule has 0 radical (unpaired) electrons. The van der Waals surface area contributed by atoms with Crippen molar-refractivity contribution in [1.29, 1.82) is 0 Å². The van der Waals surface area contributed by atoms with Crippen LogP contribution in [0, 0.1) is 0 Å². The van der Waals surface area contributed by atoms with E-state index in [1.807, 2.05) is 20.8 Å². The standard InChI is InChI=1S/C12H24N2O2/c1-12(2,3)16-11(15)14-10-8-6-4-5-7-9(10)13/h9-10H,4-8,13H2,1-3H3,(H,14,15). The van der Waals surface area contributed by atoms with Crippen LogP contribution in [0.4, 0.5) is 4.79 Å². The number of nitrogens with two attached hydrogens (primary N) is 1. The van der Waals surface area contributed by atoms with Gasteiger partial charge in [0, 0.05) is 12.1 Å². The Bertz CT molecular complexity index is 236. The molecular formula is C12H24N2O2. The van der Waals surface area contributed by atoms with Crippen LogP contribution in [-0.2, 0) is 4.74 Å². The van der Waals surface area contributed by atoms with Crippen LogP contribution >= 0.6 is 0 Å². The number of alkyl carbamates (subject to hydrolysis) is 1. The van der Waals surface area contributed by atoms with Crippen molar-refractivity contribution in [1.82, 2.24) is 5.32 Å². The van der Waals surface area contributed by atoms with Gasteiger partial charge in [0.2, 0.25) is 0 Å².